The van der Waals surface area contributed by atoms with E-state index in [1.54, 1.807) is 18.7 Å². The van der Waals surface area contributed by atoms with Crippen molar-refractivity contribution >= 4 is 23.7 Å². The first-order valence-corrected chi connectivity index (χ1v) is 10.6. The lowest BCUT2D eigenvalue weighted by molar-refractivity contribution is -0.155. The molecule has 0 heterocycles. The smallest absolute Gasteiger partial charge is 0.344 e. The number of rotatable bonds is 12. The lowest BCUT2D eigenvalue weighted by Crippen LogP contribution is -2.25. The summed E-state index contributed by atoms with van der Waals surface area (Å²) in [6.07, 6.45) is 1.20. The van der Waals surface area contributed by atoms with Gasteiger partial charge in [0.25, 0.3) is 0 Å². The van der Waals surface area contributed by atoms with E-state index >= 15 is 0 Å². The van der Waals surface area contributed by atoms with Crippen LogP contribution >= 0.6 is 11.8 Å². The highest BCUT2D eigenvalue weighted by molar-refractivity contribution is 7.99. The summed E-state index contributed by atoms with van der Waals surface area (Å²) >= 11 is 1.75. The van der Waals surface area contributed by atoms with Crippen LogP contribution in [0.25, 0.3) is 0 Å². The maximum atomic E-state index is 11.6. The van der Waals surface area contributed by atoms with Gasteiger partial charge in [0.05, 0.1) is 6.61 Å². The number of thioether (sulfide) groups is 1. The average Bonchev–Trinajstić information content (AvgIpc) is 2.59. The Morgan fingerprint density at radius 1 is 1.14 bits per heavy atom. The van der Waals surface area contributed by atoms with Gasteiger partial charge in [-0.15, -0.1) is 11.8 Å². The minimum absolute atomic E-state index is 0.0750. The molecule has 0 saturated heterocycles. The third kappa shape index (κ3) is 11.2. The summed E-state index contributed by atoms with van der Waals surface area (Å²) in [6, 6.07) is 5.92. The van der Waals surface area contributed by atoms with Crippen LogP contribution in [0.15, 0.2) is 23.1 Å². The number of esters is 2. The number of carbonyl (C=O) groups is 2. The zero-order chi connectivity index (χ0) is 21.0. The fraction of sp³-hybridized carbons (Fsp3) is 0.619. The molecule has 0 spiro atoms. The molecule has 0 aliphatic rings. The van der Waals surface area contributed by atoms with Gasteiger partial charge in [-0.05, 0) is 71.3 Å². The summed E-state index contributed by atoms with van der Waals surface area (Å²) in [7, 11) is 0. The SMILES string of the molecule is CCOC(=O)COc1ccc(SCCNCCCC(=O)OC(C)(C)C)cc1C. The molecule has 1 rings (SSSR count). The van der Waals surface area contributed by atoms with Crippen LogP contribution in [0.5, 0.6) is 5.75 Å². The Morgan fingerprint density at radius 2 is 1.89 bits per heavy atom. The molecule has 6 nitrogen and oxygen atoms in total. The third-order valence-corrected chi connectivity index (χ3v) is 4.49. The summed E-state index contributed by atoms with van der Waals surface area (Å²) in [6.45, 7) is 11.3. The Hall–Kier alpha value is -1.73. The second kappa shape index (κ2) is 12.7. The zero-order valence-corrected chi connectivity index (χ0v) is 18.4. The molecule has 0 atom stereocenters. The summed E-state index contributed by atoms with van der Waals surface area (Å²) in [5, 5.41) is 3.34. The first kappa shape index (κ1) is 24.3. The number of aryl methyl sites for hydroxylation is 1. The first-order valence-electron chi connectivity index (χ1n) is 9.65. The number of benzene rings is 1. The molecule has 0 unspecified atom stereocenters. The van der Waals surface area contributed by atoms with Gasteiger partial charge in [0.15, 0.2) is 6.61 Å². The molecule has 0 amide bonds. The summed E-state index contributed by atoms with van der Waals surface area (Å²) < 4.78 is 15.6. The van der Waals surface area contributed by atoms with Gasteiger partial charge in [-0.25, -0.2) is 4.79 Å². The van der Waals surface area contributed by atoms with Gasteiger partial charge in [-0.1, -0.05) is 0 Å². The van der Waals surface area contributed by atoms with E-state index < -0.39 is 5.60 Å². The monoisotopic (exact) mass is 411 g/mol. The second-order valence-corrected chi connectivity index (χ2v) is 8.48. The van der Waals surface area contributed by atoms with Crippen molar-refractivity contribution in [3.8, 4) is 5.75 Å². The van der Waals surface area contributed by atoms with Crippen molar-refractivity contribution in [2.45, 2.75) is 58.0 Å². The lowest BCUT2D eigenvalue weighted by atomic mass is 10.2. The molecule has 158 valence electrons. The van der Waals surface area contributed by atoms with Gasteiger partial charge in [0.2, 0.25) is 0 Å². The molecule has 0 bridgehead atoms. The number of hydrogen-bond donors (Lipinski definition) is 1. The van der Waals surface area contributed by atoms with Crippen LogP contribution in [-0.4, -0.2) is 49.6 Å². The highest BCUT2D eigenvalue weighted by atomic mass is 32.2. The van der Waals surface area contributed by atoms with Crippen molar-refractivity contribution in [2.24, 2.45) is 0 Å². The van der Waals surface area contributed by atoms with Crippen molar-refractivity contribution in [1.82, 2.24) is 5.32 Å². The predicted octanol–water partition coefficient (Wildman–Crippen LogP) is 3.74. The van der Waals surface area contributed by atoms with E-state index in [4.69, 9.17) is 14.2 Å². The molecule has 1 N–H and O–H groups in total. The largest absolute Gasteiger partial charge is 0.482 e. The van der Waals surface area contributed by atoms with Crippen LogP contribution in [0.3, 0.4) is 0 Å². The Labute approximate surface area is 172 Å². The molecule has 0 aromatic heterocycles. The van der Waals surface area contributed by atoms with Gasteiger partial charge >= 0.3 is 11.9 Å². The summed E-state index contributed by atoms with van der Waals surface area (Å²) in [5.41, 5.74) is 0.568. The molecule has 1 aromatic rings. The molecule has 0 saturated carbocycles. The highest BCUT2D eigenvalue weighted by Gasteiger charge is 2.15. The van der Waals surface area contributed by atoms with Crippen molar-refractivity contribution < 1.29 is 23.8 Å². The maximum absolute atomic E-state index is 11.6. The van der Waals surface area contributed by atoms with Crippen LogP contribution in [-0.2, 0) is 19.1 Å². The highest BCUT2D eigenvalue weighted by Crippen LogP contribution is 2.25. The number of ether oxygens (including phenoxy) is 3. The van der Waals surface area contributed by atoms with Gasteiger partial charge in [-0.2, -0.15) is 0 Å². The van der Waals surface area contributed by atoms with E-state index in [1.807, 2.05) is 45.9 Å². The van der Waals surface area contributed by atoms with Crippen LogP contribution in [0, 0.1) is 6.92 Å². The minimum atomic E-state index is -0.418. The second-order valence-electron chi connectivity index (χ2n) is 7.31. The van der Waals surface area contributed by atoms with Gasteiger partial charge in [0.1, 0.15) is 11.4 Å². The van der Waals surface area contributed by atoms with Crippen molar-refractivity contribution in [1.29, 1.82) is 0 Å². The van der Waals surface area contributed by atoms with E-state index in [0.29, 0.717) is 18.8 Å². The van der Waals surface area contributed by atoms with Crippen molar-refractivity contribution in [3.63, 3.8) is 0 Å². The Morgan fingerprint density at radius 3 is 2.54 bits per heavy atom. The van der Waals surface area contributed by atoms with Crippen LogP contribution in [0.4, 0.5) is 0 Å². The predicted molar refractivity (Wildman–Crippen MR) is 112 cm³/mol. The number of nitrogens with one attached hydrogen (secondary N) is 1. The minimum Gasteiger partial charge on any atom is -0.482 e. The van der Waals surface area contributed by atoms with Gasteiger partial charge in [-0.3, -0.25) is 4.79 Å². The molecule has 0 aliphatic heterocycles. The molecule has 0 fully saturated rings. The summed E-state index contributed by atoms with van der Waals surface area (Å²) in [4.78, 5) is 24.1. The van der Waals surface area contributed by atoms with Crippen molar-refractivity contribution in [2.75, 3.05) is 32.1 Å². The van der Waals surface area contributed by atoms with Crippen LogP contribution in [0.2, 0.25) is 0 Å². The van der Waals surface area contributed by atoms with Gasteiger partial charge in [0, 0.05) is 23.6 Å². The van der Waals surface area contributed by atoms with Crippen LogP contribution < -0.4 is 10.1 Å². The normalized spacial score (nSPS) is 11.2. The molecular weight excluding hydrogens is 378 g/mol. The summed E-state index contributed by atoms with van der Waals surface area (Å²) in [5.74, 6) is 1.11. The van der Waals surface area contributed by atoms with E-state index in [9.17, 15) is 9.59 Å². The van der Waals surface area contributed by atoms with E-state index in [1.165, 1.54) is 0 Å². The van der Waals surface area contributed by atoms with E-state index in [2.05, 4.69) is 5.32 Å². The molecule has 28 heavy (non-hydrogen) atoms. The zero-order valence-electron chi connectivity index (χ0n) is 17.6. The first-order chi connectivity index (χ1) is 13.2. The van der Waals surface area contributed by atoms with E-state index in [-0.39, 0.29) is 18.5 Å². The molecule has 7 heteroatoms. The Bertz CT molecular complexity index is 628. The van der Waals surface area contributed by atoms with Crippen LogP contribution in [0.1, 0.15) is 46.1 Å². The fourth-order valence-corrected chi connectivity index (χ4v) is 3.24. The standard InChI is InChI=1S/C21H33NO5S/c1-6-25-20(24)15-26-18-10-9-17(14-16(18)2)28-13-12-22-11-7-8-19(23)27-21(3,4)5/h9-10,14,22H,6-8,11-13,15H2,1-5H3. The molecular formula is C21H33NO5S. The van der Waals surface area contributed by atoms with E-state index in [0.717, 1.165) is 35.7 Å². The number of hydrogen-bond acceptors (Lipinski definition) is 7. The number of carbonyl (C=O) groups excluding carboxylic acids is 2. The van der Waals surface area contributed by atoms with Gasteiger partial charge < -0.3 is 19.5 Å². The average molecular weight is 412 g/mol. The quantitative estimate of drug-likeness (QED) is 0.319. The Kier molecular flexibility index (Phi) is 11.0. The lowest BCUT2D eigenvalue weighted by Gasteiger charge is -2.19. The Balaban J connectivity index is 2.19. The molecule has 0 radical (unpaired) electrons. The topological polar surface area (TPSA) is 73.9 Å². The van der Waals surface area contributed by atoms with Crippen molar-refractivity contribution in [3.05, 3.63) is 23.8 Å². The molecule has 0 aliphatic carbocycles. The molecule has 1 aromatic carbocycles. The maximum Gasteiger partial charge on any atom is 0.344 e. The fourth-order valence-electron chi connectivity index (χ4n) is 2.33. The third-order valence-electron chi connectivity index (χ3n) is 3.50.